The summed E-state index contributed by atoms with van der Waals surface area (Å²) >= 11 is 11.9. The van der Waals surface area contributed by atoms with Crippen LogP contribution >= 0.6 is 23.2 Å². The van der Waals surface area contributed by atoms with Crippen LogP contribution in [0.1, 0.15) is 32.1 Å². The van der Waals surface area contributed by atoms with Crippen molar-refractivity contribution >= 4 is 62.9 Å². The van der Waals surface area contributed by atoms with E-state index in [0.717, 1.165) is 33.8 Å². The van der Waals surface area contributed by atoms with Crippen molar-refractivity contribution in [1.82, 2.24) is 9.55 Å². The van der Waals surface area contributed by atoms with Crippen molar-refractivity contribution in [2.75, 3.05) is 13.2 Å². The Morgan fingerprint density at radius 1 is 0.941 bits per heavy atom. The molecular formula is C24H18Cl2N2O6. The molecule has 2 aromatic heterocycles. The molecule has 0 unspecified atom stereocenters. The first kappa shape index (κ1) is 22.3. The highest BCUT2D eigenvalue weighted by atomic mass is 35.5. The summed E-state index contributed by atoms with van der Waals surface area (Å²) < 4.78 is 11.4. The predicted octanol–water partition coefficient (Wildman–Crippen LogP) is 4.63. The van der Waals surface area contributed by atoms with Gasteiger partial charge in [0.15, 0.2) is 0 Å². The first-order valence-corrected chi connectivity index (χ1v) is 11.3. The Morgan fingerprint density at radius 3 is 2.32 bits per heavy atom. The monoisotopic (exact) mass is 500 g/mol. The summed E-state index contributed by atoms with van der Waals surface area (Å²) in [5, 5.41) is 12.1. The van der Waals surface area contributed by atoms with Crippen molar-refractivity contribution in [3.8, 4) is 0 Å². The fourth-order valence-electron chi connectivity index (χ4n) is 4.47. The number of esters is 2. The largest absolute Gasteiger partial charge is 0.480 e. The smallest absolute Gasteiger partial charge is 0.355 e. The Kier molecular flexibility index (Phi) is 5.71. The average molecular weight is 501 g/mol. The van der Waals surface area contributed by atoms with E-state index in [-0.39, 0.29) is 12.5 Å². The van der Waals surface area contributed by atoms with Gasteiger partial charge in [0.1, 0.15) is 17.9 Å². The van der Waals surface area contributed by atoms with Crippen LogP contribution in [0, 0.1) is 0 Å². The van der Waals surface area contributed by atoms with Gasteiger partial charge >= 0.3 is 17.9 Å². The van der Waals surface area contributed by atoms with E-state index in [2.05, 4.69) is 4.98 Å². The Labute approximate surface area is 203 Å². The summed E-state index contributed by atoms with van der Waals surface area (Å²) in [5.74, 6) is -1.76. The lowest BCUT2D eigenvalue weighted by atomic mass is 10.1. The fraction of sp³-hybridized carbons (Fsp3) is 0.208. The lowest BCUT2D eigenvalue weighted by Crippen LogP contribution is -2.22. The van der Waals surface area contributed by atoms with Gasteiger partial charge in [0.2, 0.25) is 0 Å². The SMILES string of the molecule is O=C(O)Cn1c2c(c3cc(Cl)ccc31)CCOC2=O.O=C1OCCc2c1[nH]c1ccc(Cl)cc21. The van der Waals surface area contributed by atoms with Gasteiger partial charge < -0.3 is 24.1 Å². The summed E-state index contributed by atoms with van der Waals surface area (Å²) in [6.45, 7) is 0.485. The molecule has 174 valence electrons. The Hall–Kier alpha value is -3.49. The molecule has 0 aliphatic carbocycles. The van der Waals surface area contributed by atoms with E-state index >= 15 is 0 Å². The number of carboxylic acids is 1. The van der Waals surface area contributed by atoms with Gasteiger partial charge in [0.05, 0.1) is 13.2 Å². The maximum Gasteiger partial charge on any atom is 0.355 e. The van der Waals surface area contributed by atoms with Gasteiger partial charge in [-0.15, -0.1) is 0 Å². The lowest BCUT2D eigenvalue weighted by Gasteiger charge is -2.14. The van der Waals surface area contributed by atoms with Gasteiger partial charge in [0.25, 0.3) is 0 Å². The number of cyclic esters (lactones) is 2. The zero-order chi connectivity index (χ0) is 24.0. The molecule has 0 radical (unpaired) electrons. The number of carbonyl (C=O) groups excluding carboxylic acids is 2. The number of aromatic amines is 1. The van der Waals surface area contributed by atoms with E-state index < -0.39 is 11.9 Å². The van der Waals surface area contributed by atoms with Gasteiger partial charge in [-0.1, -0.05) is 23.2 Å². The lowest BCUT2D eigenvalue weighted by molar-refractivity contribution is -0.137. The standard InChI is InChI=1S/C13H10ClNO4.C11H8ClNO2/c14-7-1-2-10-9(5-7)8-3-4-19-13(18)12(8)15(10)6-11(16)17;12-6-1-2-9-8(5-6)7-3-4-15-11(14)10(7)13-9/h1-2,5H,3-4,6H2,(H,16,17);1-2,5,13H,3-4H2. The Morgan fingerprint density at radius 2 is 1.59 bits per heavy atom. The van der Waals surface area contributed by atoms with Crippen LogP contribution in [0.15, 0.2) is 36.4 Å². The van der Waals surface area contributed by atoms with E-state index in [4.69, 9.17) is 37.8 Å². The van der Waals surface area contributed by atoms with Crippen LogP contribution in [0.4, 0.5) is 0 Å². The van der Waals surface area contributed by atoms with Crippen molar-refractivity contribution in [3.05, 3.63) is 69.0 Å². The predicted molar refractivity (Wildman–Crippen MR) is 126 cm³/mol. The highest BCUT2D eigenvalue weighted by molar-refractivity contribution is 6.31. The number of benzene rings is 2. The number of fused-ring (bicyclic) bond motifs is 6. The number of nitrogens with zero attached hydrogens (tertiary/aromatic N) is 1. The molecule has 4 aromatic rings. The first-order chi connectivity index (χ1) is 16.3. The molecule has 2 aromatic carbocycles. The highest BCUT2D eigenvalue weighted by Gasteiger charge is 2.28. The summed E-state index contributed by atoms with van der Waals surface area (Å²) in [6.07, 6.45) is 1.33. The Balaban J connectivity index is 0.000000145. The number of nitrogens with one attached hydrogen (secondary N) is 1. The maximum atomic E-state index is 11.9. The topological polar surface area (TPSA) is 111 Å². The molecule has 0 atom stereocenters. The minimum absolute atomic E-state index is 0.274. The molecule has 0 fully saturated rings. The van der Waals surface area contributed by atoms with Gasteiger partial charge in [-0.05, 0) is 47.5 Å². The van der Waals surface area contributed by atoms with Crippen LogP contribution < -0.4 is 0 Å². The molecule has 0 amide bonds. The van der Waals surface area contributed by atoms with Crippen LogP contribution in [0.3, 0.4) is 0 Å². The quantitative estimate of drug-likeness (QED) is 0.388. The normalized spacial score (nSPS) is 14.6. The second-order valence-electron chi connectivity index (χ2n) is 7.91. The second kappa shape index (κ2) is 8.70. The number of hydrogen-bond acceptors (Lipinski definition) is 5. The van der Waals surface area contributed by atoms with Crippen molar-refractivity contribution in [1.29, 1.82) is 0 Å². The number of aliphatic carboxylic acids is 1. The van der Waals surface area contributed by atoms with E-state index in [9.17, 15) is 14.4 Å². The number of ether oxygens (including phenoxy) is 2. The van der Waals surface area contributed by atoms with Gasteiger partial charge in [-0.25, -0.2) is 9.59 Å². The number of aromatic nitrogens is 2. The van der Waals surface area contributed by atoms with Crippen LogP contribution in [-0.2, 0) is 33.7 Å². The van der Waals surface area contributed by atoms with Crippen molar-refractivity contribution in [2.24, 2.45) is 0 Å². The number of halogens is 2. The van der Waals surface area contributed by atoms with Gasteiger partial charge in [-0.3, -0.25) is 4.79 Å². The summed E-state index contributed by atoms with van der Waals surface area (Å²) in [7, 11) is 0. The van der Waals surface area contributed by atoms with E-state index in [0.29, 0.717) is 46.6 Å². The van der Waals surface area contributed by atoms with Crippen LogP contribution in [-0.4, -0.2) is 45.8 Å². The van der Waals surface area contributed by atoms with Crippen molar-refractivity contribution in [3.63, 3.8) is 0 Å². The molecule has 0 bridgehead atoms. The second-order valence-corrected chi connectivity index (χ2v) is 8.78. The molecule has 8 nitrogen and oxygen atoms in total. The maximum absolute atomic E-state index is 11.9. The molecule has 0 saturated heterocycles. The average Bonchev–Trinajstić information content (AvgIpc) is 3.31. The number of carboxylic acid groups (broad SMARTS) is 1. The number of H-pyrrole nitrogens is 1. The zero-order valence-corrected chi connectivity index (χ0v) is 19.2. The minimum Gasteiger partial charge on any atom is -0.480 e. The third-order valence-electron chi connectivity index (χ3n) is 5.86. The van der Waals surface area contributed by atoms with Gasteiger partial charge in [-0.2, -0.15) is 0 Å². The molecule has 2 aliphatic rings. The molecule has 34 heavy (non-hydrogen) atoms. The van der Waals surface area contributed by atoms with Crippen LogP contribution in [0.25, 0.3) is 21.8 Å². The third-order valence-corrected chi connectivity index (χ3v) is 6.33. The summed E-state index contributed by atoms with van der Waals surface area (Å²) in [5.41, 5.74) is 4.35. The van der Waals surface area contributed by atoms with E-state index in [1.165, 1.54) is 4.57 Å². The van der Waals surface area contributed by atoms with E-state index in [1.807, 2.05) is 12.1 Å². The molecule has 2 N–H and O–H groups in total. The third kappa shape index (κ3) is 3.89. The molecule has 2 aliphatic heterocycles. The Bertz CT molecular complexity index is 1490. The minimum atomic E-state index is -1.01. The van der Waals surface area contributed by atoms with E-state index in [1.54, 1.807) is 24.3 Å². The molecule has 6 rings (SSSR count). The number of hydrogen-bond donors (Lipinski definition) is 2. The summed E-state index contributed by atoms with van der Waals surface area (Å²) in [6, 6.07) is 10.7. The fourth-order valence-corrected chi connectivity index (χ4v) is 4.81. The van der Waals surface area contributed by atoms with Crippen LogP contribution in [0.2, 0.25) is 10.0 Å². The molecule has 0 saturated carbocycles. The van der Waals surface area contributed by atoms with Gasteiger partial charge in [0, 0.05) is 44.7 Å². The zero-order valence-electron chi connectivity index (χ0n) is 17.7. The molecule has 4 heterocycles. The number of rotatable bonds is 2. The molecule has 10 heteroatoms. The summed E-state index contributed by atoms with van der Waals surface area (Å²) in [4.78, 5) is 37.4. The van der Waals surface area contributed by atoms with Crippen LogP contribution in [0.5, 0.6) is 0 Å². The van der Waals surface area contributed by atoms with Crippen molar-refractivity contribution in [2.45, 2.75) is 19.4 Å². The molecule has 0 spiro atoms. The first-order valence-electron chi connectivity index (χ1n) is 10.5. The number of carbonyl (C=O) groups is 3. The molecular weight excluding hydrogens is 483 g/mol. The highest BCUT2D eigenvalue weighted by Crippen LogP contribution is 2.32. The van der Waals surface area contributed by atoms with Crippen molar-refractivity contribution < 1.29 is 29.0 Å².